The lowest BCUT2D eigenvalue weighted by Crippen LogP contribution is -2.14. The fraction of sp³-hybridized carbons (Fsp3) is 0.0769. The Morgan fingerprint density at radius 1 is 1.24 bits per heavy atom. The molecule has 0 heterocycles. The second kappa shape index (κ2) is 5.79. The van der Waals surface area contributed by atoms with Gasteiger partial charge in [0, 0.05) is 5.69 Å². The van der Waals surface area contributed by atoms with E-state index < -0.39 is 15.8 Å². The molecule has 0 aliphatic heterocycles. The van der Waals surface area contributed by atoms with Gasteiger partial charge < -0.3 is 10.5 Å². The lowest BCUT2D eigenvalue weighted by atomic mass is 10.3. The Bertz CT molecular complexity index is 781. The van der Waals surface area contributed by atoms with Crippen molar-refractivity contribution in [1.29, 1.82) is 0 Å². The fourth-order valence-electron chi connectivity index (χ4n) is 1.67. The van der Waals surface area contributed by atoms with Gasteiger partial charge in [0.15, 0.2) is 0 Å². The number of nitrogens with two attached hydrogens (primary N) is 1. The number of benzene rings is 2. The third-order valence-corrected chi connectivity index (χ3v) is 4.36. The molecule has 0 spiro atoms. The quantitative estimate of drug-likeness (QED) is 0.845. The summed E-state index contributed by atoms with van der Waals surface area (Å²) in [5.74, 6) is -0.595. The van der Waals surface area contributed by atoms with E-state index in [0.29, 0.717) is 0 Å². The summed E-state index contributed by atoms with van der Waals surface area (Å²) in [5, 5.41) is -0.0977. The van der Waals surface area contributed by atoms with Crippen LogP contribution >= 0.6 is 11.6 Å². The van der Waals surface area contributed by atoms with E-state index in [0.717, 1.165) is 6.07 Å². The van der Waals surface area contributed by atoms with E-state index in [1.54, 1.807) is 0 Å². The van der Waals surface area contributed by atoms with Crippen LogP contribution in [0.5, 0.6) is 5.75 Å². The molecule has 112 valence electrons. The van der Waals surface area contributed by atoms with E-state index in [9.17, 15) is 12.8 Å². The lowest BCUT2D eigenvalue weighted by molar-refractivity contribution is 0.403. The molecule has 0 amide bonds. The van der Waals surface area contributed by atoms with Gasteiger partial charge in [-0.25, -0.2) is 12.8 Å². The highest BCUT2D eigenvalue weighted by molar-refractivity contribution is 7.92. The van der Waals surface area contributed by atoms with Gasteiger partial charge in [0.05, 0.1) is 17.8 Å². The van der Waals surface area contributed by atoms with Gasteiger partial charge in [0.2, 0.25) is 0 Å². The molecule has 0 atom stereocenters. The summed E-state index contributed by atoms with van der Waals surface area (Å²) >= 11 is 5.55. The van der Waals surface area contributed by atoms with Crippen molar-refractivity contribution in [2.75, 3.05) is 17.6 Å². The zero-order chi connectivity index (χ0) is 15.6. The molecule has 0 aliphatic carbocycles. The molecule has 0 unspecified atom stereocenters. The highest BCUT2D eigenvalue weighted by atomic mass is 35.5. The zero-order valence-electron chi connectivity index (χ0n) is 10.9. The smallest absolute Gasteiger partial charge is 0.265 e. The standard InChI is InChI=1S/C13H12ClFN2O3S/c1-20-12-5-2-8(16)6-13(12)21(18,19)17-9-3-4-10(14)11(15)7-9/h2-7,17H,16H2,1H3. The van der Waals surface area contributed by atoms with E-state index in [1.807, 2.05) is 0 Å². The maximum atomic E-state index is 13.4. The predicted octanol–water partition coefficient (Wildman–Crippen LogP) is 2.87. The summed E-state index contributed by atoms with van der Waals surface area (Å²) in [6.45, 7) is 0. The van der Waals surface area contributed by atoms with Crippen LogP contribution in [0.1, 0.15) is 0 Å². The number of halogens is 2. The van der Waals surface area contributed by atoms with Gasteiger partial charge in [0.25, 0.3) is 10.0 Å². The average Bonchev–Trinajstić information content (AvgIpc) is 2.42. The Hall–Kier alpha value is -1.99. The molecule has 0 fully saturated rings. The number of rotatable bonds is 4. The third kappa shape index (κ3) is 3.37. The third-order valence-electron chi connectivity index (χ3n) is 2.65. The summed E-state index contributed by atoms with van der Waals surface area (Å²) in [5.41, 5.74) is 5.90. The number of anilines is 2. The van der Waals surface area contributed by atoms with Gasteiger partial charge in [0.1, 0.15) is 16.5 Å². The van der Waals surface area contributed by atoms with Crippen LogP contribution in [0.4, 0.5) is 15.8 Å². The Morgan fingerprint density at radius 3 is 2.57 bits per heavy atom. The molecular weight excluding hydrogens is 319 g/mol. The van der Waals surface area contributed by atoms with Crippen LogP contribution < -0.4 is 15.2 Å². The Labute approximate surface area is 126 Å². The van der Waals surface area contributed by atoms with Crippen LogP contribution in [0.15, 0.2) is 41.3 Å². The number of hydrogen-bond donors (Lipinski definition) is 2. The minimum absolute atomic E-state index is 0.0429. The van der Waals surface area contributed by atoms with Crippen molar-refractivity contribution in [2.45, 2.75) is 4.90 Å². The maximum absolute atomic E-state index is 13.4. The molecule has 21 heavy (non-hydrogen) atoms. The summed E-state index contributed by atoms with van der Waals surface area (Å²) in [7, 11) is -2.63. The molecule has 5 nitrogen and oxygen atoms in total. The summed E-state index contributed by atoms with van der Waals surface area (Å²) in [6.07, 6.45) is 0. The van der Waals surface area contributed by atoms with Crippen LogP contribution in [0.25, 0.3) is 0 Å². The van der Waals surface area contributed by atoms with Crippen LogP contribution in [0, 0.1) is 5.82 Å². The molecule has 2 rings (SSSR count). The summed E-state index contributed by atoms with van der Waals surface area (Å²) in [4.78, 5) is -0.139. The Morgan fingerprint density at radius 2 is 1.95 bits per heavy atom. The fourth-order valence-corrected chi connectivity index (χ4v) is 3.05. The van der Waals surface area contributed by atoms with Gasteiger partial charge >= 0.3 is 0 Å². The van der Waals surface area contributed by atoms with Crippen LogP contribution in [0.3, 0.4) is 0 Å². The zero-order valence-corrected chi connectivity index (χ0v) is 12.5. The van der Waals surface area contributed by atoms with Crippen molar-refractivity contribution in [2.24, 2.45) is 0 Å². The number of hydrogen-bond acceptors (Lipinski definition) is 4. The van der Waals surface area contributed by atoms with Crippen LogP contribution in [-0.4, -0.2) is 15.5 Å². The van der Waals surface area contributed by atoms with Crippen molar-refractivity contribution in [3.05, 3.63) is 47.2 Å². The van der Waals surface area contributed by atoms with Gasteiger partial charge in [-0.1, -0.05) is 11.6 Å². The molecule has 8 heteroatoms. The molecular formula is C13H12ClFN2O3S. The first kappa shape index (κ1) is 15.4. The van der Waals surface area contributed by atoms with Crippen LogP contribution in [-0.2, 0) is 10.0 Å². The van der Waals surface area contributed by atoms with Gasteiger partial charge in [-0.3, -0.25) is 4.72 Å². The molecule has 0 saturated carbocycles. The summed E-state index contributed by atoms with van der Waals surface area (Å²) in [6, 6.07) is 7.80. The minimum Gasteiger partial charge on any atom is -0.495 e. The largest absolute Gasteiger partial charge is 0.495 e. The first-order valence-corrected chi connectivity index (χ1v) is 7.61. The van der Waals surface area contributed by atoms with Gasteiger partial charge in [-0.05, 0) is 36.4 Å². The average molecular weight is 331 g/mol. The van der Waals surface area contributed by atoms with E-state index in [4.69, 9.17) is 22.1 Å². The maximum Gasteiger partial charge on any atom is 0.265 e. The molecule has 2 aromatic rings. The van der Waals surface area contributed by atoms with Crippen molar-refractivity contribution in [1.82, 2.24) is 0 Å². The van der Waals surface area contributed by atoms with Crippen molar-refractivity contribution in [3.8, 4) is 5.75 Å². The SMILES string of the molecule is COc1ccc(N)cc1S(=O)(=O)Nc1ccc(Cl)c(F)c1. The van der Waals surface area contributed by atoms with Crippen molar-refractivity contribution < 1.29 is 17.5 Å². The topological polar surface area (TPSA) is 81.4 Å². The van der Waals surface area contributed by atoms with E-state index in [2.05, 4.69) is 4.72 Å². The molecule has 0 aliphatic rings. The highest BCUT2D eigenvalue weighted by Crippen LogP contribution is 2.28. The van der Waals surface area contributed by atoms with E-state index in [1.165, 1.54) is 37.4 Å². The molecule has 2 aromatic carbocycles. The number of sulfonamides is 1. The highest BCUT2D eigenvalue weighted by Gasteiger charge is 2.20. The van der Waals surface area contributed by atoms with Crippen molar-refractivity contribution >= 4 is 33.0 Å². The summed E-state index contributed by atoms with van der Waals surface area (Å²) < 4.78 is 45.3. The molecule has 0 radical (unpaired) electrons. The monoisotopic (exact) mass is 330 g/mol. The first-order chi connectivity index (χ1) is 9.83. The minimum atomic E-state index is -3.97. The van der Waals surface area contributed by atoms with Crippen molar-refractivity contribution in [3.63, 3.8) is 0 Å². The van der Waals surface area contributed by atoms with E-state index in [-0.39, 0.29) is 27.0 Å². The van der Waals surface area contributed by atoms with Crippen LogP contribution in [0.2, 0.25) is 5.02 Å². The number of methoxy groups -OCH3 is 1. The Kier molecular flexibility index (Phi) is 4.24. The predicted molar refractivity (Wildman–Crippen MR) is 79.6 cm³/mol. The first-order valence-electron chi connectivity index (χ1n) is 5.75. The lowest BCUT2D eigenvalue weighted by Gasteiger charge is -2.12. The number of ether oxygens (including phenoxy) is 1. The second-order valence-corrected chi connectivity index (χ2v) is 6.20. The number of nitrogens with one attached hydrogen (secondary N) is 1. The van der Waals surface area contributed by atoms with Gasteiger partial charge in [-0.2, -0.15) is 0 Å². The molecule has 0 aromatic heterocycles. The number of nitrogen functional groups attached to an aromatic ring is 1. The van der Waals surface area contributed by atoms with E-state index >= 15 is 0 Å². The van der Waals surface area contributed by atoms with Gasteiger partial charge in [-0.15, -0.1) is 0 Å². The Balaban J connectivity index is 2.42. The normalized spacial score (nSPS) is 11.2. The second-order valence-electron chi connectivity index (χ2n) is 4.14. The molecule has 0 bridgehead atoms. The molecule has 3 N–H and O–H groups in total. The molecule has 0 saturated heterocycles.